The summed E-state index contributed by atoms with van der Waals surface area (Å²) in [6.45, 7) is 0. The van der Waals surface area contributed by atoms with E-state index in [0.29, 0.717) is 22.6 Å². The number of fused-ring (bicyclic) bond motifs is 1. The minimum absolute atomic E-state index is 0.0738. The fraction of sp³-hybridized carbons (Fsp3) is 0.0625. The molecule has 4 N–H and O–H groups in total. The SMILES string of the molecule is N#CC1=C(N)Oc2cc(N)ccc2C1c1ccc(F)c(F)c1. The van der Waals surface area contributed by atoms with Gasteiger partial charge in [-0.1, -0.05) is 12.1 Å². The molecule has 0 amide bonds. The first-order chi connectivity index (χ1) is 10.5. The third-order valence-corrected chi connectivity index (χ3v) is 3.52. The zero-order valence-electron chi connectivity index (χ0n) is 11.3. The molecule has 4 nitrogen and oxygen atoms in total. The molecule has 1 aliphatic rings. The van der Waals surface area contributed by atoms with E-state index in [2.05, 4.69) is 0 Å². The Morgan fingerprint density at radius 3 is 2.50 bits per heavy atom. The number of nitrogens with zero attached hydrogens (tertiary/aromatic N) is 1. The monoisotopic (exact) mass is 299 g/mol. The van der Waals surface area contributed by atoms with Crippen molar-refractivity contribution in [3.05, 3.63) is 70.6 Å². The number of halogens is 2. The van der Waals surface area contributed by atoms with Crippen LogP contribution in [0.15, 0.2) is 47.9 Å². The minimum Gasteiger partial charge on any atom is -0.440 e. The van der Waals surface area contributed by atoms with Gasteiger partial charge in [0.15, 0.2) is 11.6 Å². The summed E-state index contributed by atoms with van der Waals surface area (Å²) in [5.74, 6) is -2.26. The van der Waals surface area contributed by atoms with Crippen molar-refractivity contribution in [2.75, 3.05) is 5.73 Å². The lowest BCUT2D eigenvalue weighted by molar-refractivity contribution is 0.393. The molecule has 0 bridgehead atoms. The molecule has 6 heteroatoms. The van der Waals surface area contributed by atoms with Crippen LogP contribution >= 0.6 is 0 Å². The quantitative estimate of drug-likeness (QED) is 0.793. The van der Waals surface area contributed by atoms with Crippen LogP contribution in [0.3, 0.4) is 0 Å². The first-order valence-electron chi connectivity index (χ1n) is 6.43. The number of hydrogen-bond donors (Lipinski definition) is 2. The number of ether oxygens (including phenoxy) is 1. The Kier molecular flexibility index (Phi) is 3.18. The summed E-state index contributed by atoms with van der Waals surface area (Å²) in [6, 6.07) is 10.4. The van der Waals surface area contributed by atoms with Crippen molar-refractivity contribution < 1.29 is 13.5 Å². The number of benzene rings is 2. The lowest BCUT2D eigenvalue weighted by atomic mass is 9.83. The molecular weight excluding hydrogens is 288 g/mol. The number of nitrogen functional groups attached to an aromatic ring is 1. The Morgan fingerprint density at radius 1 is 1.05 bits per heavy atom. The predicted octanol–water partition coefficient (Wildman–Crippen LogP) is 2.77. The molecule has 0 saturated carbocycles. The van der Waals surface area contributed by atoms with Crippen molar-refractivity contribution in [2.24, 2.45) is 5.73 Å². The topological polar surface area (TPSA) is 85.1 Å². The smallest absolute Gasteiger partial charge is 0.205 e. The summed E-state index contributed by atoms with van der Waals surface area (Å²) < 4.78 is 32.1. The standard InChI is InChI=1S/C16H11F2N3O/c17-12-4-1-8(5-13(12)18)15-10-3-2-9(20)6-14(10)22-16(21)11(15)7-19/h1-6,15H,20-21H2. The Hall–Kier alpha value is -3.07. The van der Waals surface area contributed by atoms with Gasteiger partial charge in [-0.15, -0.1) is 0 Å². The zero-order valence-corrected chi connectivity index (χ0v) is 11.3. The average Bonchev–Trinajstić information content (AvgIpc) is 2.48. The van der Waals surface area contributed by atoms with Gasteiger partial charge in [0.25, 0.3) is 0 Å². The van der Waals surface area contributed by atoms with Crippen molar-refractivity contribution in [3.8, 4) is 11.8 Å². The normalized spacial score (nSPS) is 16.7. The third kappa shape index (κ3) is 2.13. The first kappa shape index (κ1) is 13.9. The Morgan fingerprint density at radius 2 is 1.82 bits per heavy atom. The van der Waals surface area contributed by atoms with Crippen LogP contribution in [0.25, 0.3) is 0 Å². The number of anilines is 1. The second-order valence-corrected chi connectivity index (χ2v) is 4.90. The van der Waals surface area contributed by atoms with Gasteiger partial charge in [0.2, 0.25) is 5.88 Å². The molecule has 0 aliphatic carbocycles. The zero-order chi connectivity index (χ0) is 15.9. The second kappa shape index (κ2) is 5.04. The summed E-state index contributed by atoms with van der Waals surface area (Å²) in [6.07, 6.45) is 0. The number of rotatable bonds is 1. The van der Waals surface area contributed by atoms with E-state index in [9.17, 15) is 14.0 Å². The van der Waals surface area contributed by atoms with Crippen LogP contribution in [0.2, 0.25) is 0 Å². The molecule has 1 aliphatic heterocycles. The van der Waals surface area contributed by atoms with E-state index < -0.39 is 17.6 Å². The van der Waals surface area contributed by atoms with E-state index in [1.54, 1.807) is 18.2 Å². The summed E-state index contributed by atoms with van der Waals surface area (Å²) in [5, 5.41) is 9.34. The van der Waals surface area contributed by atoms with E-state index in [4.69, 9.17) is 16.2 Å². The maximum absolute atomic E-state index is 13.5. The van der Waals surface area contributed by atoms with Crippen LogP contribution in [-0.2, 0) is 0 Å². The highest BCUT2D eigenvalue weighted by atomic mass is 19.2. The van der Waals surface area contributed by atoms with Crippen LogP contribution in [-0.4, -0.2) is 0 Å². The summed E-state index contributed by atoms with van der Waals surface area (Å²) in [5.41, 5.74) is 13.1. The molecule has 2 aromatic rings. The summed E-state index contributed by atoms with van der Waals surface area (Å²) >= 11 is 0. The maximum atomic E-state index is 13.5. The van der Waals surface area contributed by atoms with Crippen LogP contribution in [0, 0.1) is 23.0 Å². The van der Waals surface area contributed by atoms with Crippen molar-refractivity contribution in [1.82, 2.24) is 0 Å². The van der Waals surface area contributed by atoms with E-state index in [1.807, 2.05) is 6.07 Å². The Labute approximate surface area is 125 Å². The van der Waals surface area contributed by atoms with Crippen molar-refractivity contribution in [2.45, 2.75) is 5.92 Å². The van der Waals surface area contributed by atoms with Gasteiger partial charge < -0.3 is 16.2 Å². The molecule has 0 spiro atoms. The summed E-state index contributed by atoms with van der Waals surface area (Å²) in [4.78, 5) is 0. The highest BCUT2D eigenvalue weighted by molar-refractivity contribution is 5.59. The lowest BCUT2D eigenvalue weighted by Crippen LogP contribution is -2.21. The molecule has 1 unspecified atom stereocenters. The molecule has 110 valence electrons. The van der Waals surface area contributed by atoms with Crippen molar-refractivity contribution in [1.29, 1.82) is 5.26 Å². The molecule has 1 heterocycles. The molecular formula is C16H11F2N3O. The molecule has 0 aromatic heterocycles. The van der Waals surface area contributed by atoms with Crippen LogP contribution in [0.1, 0.15) is 17.0 Å². The van der Waals surface area contributed by atoms with Gasteiger partial charge in [-0.3, -0.25) is 0 Å². The Balaban J connectivity index is 2.23. The molecule has 22 heavy (non-hydrogen) atoms. The fourth-order valence-corrected chi connectivity index (χ4v) is 2.51. The molecule has 0 saturated heterocycles. The number of allylic oxidation sites excluding steroid dienone is 1. The lowest BCUT2D eigenvalue weighted by Gasteiger charge is -2.26. The first-order valence-corrected chi connectivity index (χ1v) is 6.43. The van der Waals surface area contributed by atoms with Gasteiger partial charge in [-0.2, -0.15) is 5.26 Å². The van der Waals surface area contributed by atoms with Crippen LogP contribution in [0.4, 0.5) is 14.5 Å². The Bertz CT molecular complexity index is 840. The van der Waals surface area contributed by atoms with Crippen molar-refractivity contribution >= 4 is 5.69 Å². The number of nitriles is 1. The van der Waals surface area contributed by atoms with E-state index in [-0.39, 0.29) is 11.5 Å². The van der Waals surface area contributed by atoms with E-state index in [0.717, 1.165) is 12.1 Å². The molecule has 2 aromatic carbocycles. The van der Waals surface area contributed by atoms with Gasteiger partial charge in [-0.05, 0) is 23.8 Å². The minimum atomic E-state index is -0.989. The number of nitrogens with two attached hydrogens (primary N) is 2. The highest BCUT2D eigenvalue weighted by Crippen LogP contribution is 2.42. The fourth-order valence-electron chi connectivity index (χ4n) is 2.51. The molecule has 1 atom stereocenters. The average molecular weight is 299 g/mol. The van der Waals surface area contributed by atoms with Gasteiger partial charge in [0, 0.05) is 17.3 Å². The van der Waals surface area contributed by atoms with Crippen LogP contribution in [0.5, 0.6) is 5.75 Å². The van der Waals surface area contributed by atoms with Gasteiger partial charge >= 0.3 is 0 Å². The maximum Gasteiger partial charge on any atom is 0.205 e. The third-order valence-electron chi connectivity index (χ3n) is 3.52. The van der Waals surface area contributed by atoms with Gasteiger partial charge in [-0.25, -0.2) is 8.78 Å². The molecule has 0 radical (unpaired) electrons. The summed E-state index contributed by atoms with van der Waals surface area (Å²) in [7, 11) is 0. The second-order valence-electron chi connectivity index (χ2n) is 4.90. The van der Waals surface area contributed by atoms with E-state index >= 15 is 0 Å². The van der Waals surface area contributed by atoms with Crippen LogP contribution < -0.4 is 16.2 Å². The van der Waals surface area contributed by atoms with Gasteiger partial charge in [0.05, 0.1) is 5.92 Å². The number of hydrogen-bond acceptors (Lipinski definition) is 4. The predicted molar refractivity (Wildman–Crippen MR) is 76.5 cm³/mol. The molecule has 3 rings (SSSR count). The highest BCUT2D eigenvalue weighted by Gasteiger charge is 2.31. The molecule has 0 fully saturated rings. The van der Waals surface area contributed by atoms with Gasteiger partial charge in [0.1, 0.15) is 17.4 Å². The largest absolute Gasteiger partial charge is 0.440 e. The van der Waals surface area contributed by atoms with Crippen molar-refractivity contribution in [3.63, 3.8) is 0 Å². The van der Waals surface area contributed by atoms with E-state index in [1.165, 1.54) is 6.07 Å².